The van der Waals surface area contributed by atoms with Gasteiger partial charge in [0.2, 0.25) is 0 Å². The van der Waals surface area contributed by atoms with E-state index >= 15 is 0 Å². The van der Waals surface area contributed by atoms with Crippen LogP contribution in [0.5, 0.6) is 5.75 Å². The molecule has 2 aromatic carbocycles. The van der Waals surface area contributed by atoms with Gasteiger partial charge in [-0.1, -0.05) is 30.3 Å². The van der Waals surface area contributed by atoms with Gasteiger partial charge in [-0.2, -0.15) is 0 Å². The molecule has 3 aromatic rings. The fraction of sp³-hybridized carbons (Fsp3) is 0.174. The van der Waals surface area contributed by atoms with E-state index in [9.17, 15) is 14.4 Å². The van der Waals surface area contributed by atoms with E-state index < -0.39 is 24.5 Å². The fourth-order valence-corrected chi connectivity index (χ4v) is 2.78. The molecule has 1 heterocycles. The van der Waals surface area contributed by atoms with Gasteiger partial charge in [-0.3, -0.25) is 9.59 Å². The van der Waals surface area contributed by atoms with Gasteiger partial charge in [0, 0.05) is 12.0 Å². The minimum absolute atomic E-state index is 0.0789. The number of benzene rings is 2. The van der Waals surface area contributed by atoms with Crippen LogP contribution in [-0.2, 0) is 16.0 Å². The van der Waals surface area contributed by atoms with Gasteiger partial charge >= 0.3 is 5.97 Å². The maximum Gasteiger partial charge on any atom is 0.329 e. The van der Waals surface area contributed by atoms with Crippen LogP contribution in [0.1, 0.15) is 26.5 Å². The third kappa shape index (κ3) is 5.57. The molecule has 154 valence electrons. The number of methoxy groups -OCH3 is 1. The van der Waals surface area contributed by atoms with Gasteiger partial charge < -0.3 is 19.2 Å². The first-order chi connectivity index (χ1) is 14.6. The number of ether oxygens (including phenoxy) is 2. The van der Waals surface area contributed by atoms with Crippen molar-refractivity contribution < 1.29 is 28.3 Å². The Balaban J connectivity index is 1.65. The maximum atomic E-state index is 12.6. The number of hydrogen-bond donors (Lipinski definition) is 1. The molecule has 1 aromatic heterocycles. The predicted molar refractivity (Wildman–Crippen MR) is 108 cm³/mol. The molecule has 0 spiro atoms. The number of carbonyl (C=O) groups is 3. The van der Waals surface area contributed by atoms with Crippen LogP contribution in [0.3, 0.4) is 0 Å². The monoisotopic (exact) mass is 407 g/mol. The quantitative estimate of drug-likeness (QED) is 0.433. The normalized spacial score (nSPS) is 11.4. The number of hydrogen-bond acceptors (Lipinski definition) is 6. The molecule has 0 aliphatic heterocycles. The minimum Gasteiger partial charge on any atom is -0.497 e. The Kier molecular flexibility index (Phi) is 7.00. The zero-order chi connectivity index (χ0) is 21.3. The topological polar surface area (TPSA) is 94.8 Å². The summed E-state index contributed by atoms with van der Waals surface area (Å²) in [4.78, 5) is 37.3. The van der Waals surface area contributed by atoms with Gasteiger partial charge in [-0.05, 0) is 42.0 Å². The average molecular weight is 407 g/mol. The fourth-order valence-electron chi connectivity index (χ4n) is 2.78. The van der Waals surface area contributed by atoms with Gasteiger partial charge in [-0.25, -0.2) is 4.79 Å². The highest BCUT2D eigenvalue weighted by molar-refractivity contribution is 5.99. The average Bonchev–Trinajstić information content (AvgIpc) is 3.32. The largest absolute Gasteiger partial charge is 0.497 e. The lowest BCUT2D eigenvalue weighted by Gasteiger charge is -2.17. The molecule has 0 fully saturated rings. The maximum absolute atomic E-state index is 12.6. The van der Waals surface area contributed by atoms with Gasteiger partial charge in [0.05, 0.1) is 13.4 Å². The van der Waals surface area contributed by atoms with Gasteiger partial charge in [0.1, 0.15) is 11.8 Å². The Morgan fingerprint density at radius 1 is 0.967 bits per heavy atom. The van der Waals surface area contributed by atoms with Gasteiger partial charge in [-0.15, -0.1) is 0 Å². The van der Waals surface area contributed by atoms with E-state index in [1.54, 1.807) is 30.3 Å². The van der Waals surface area contributed by atoms with E-state index in [0.29, 0.717) is 11.3 Å². The third-order valence-electron chi connectivity index (χ3n) is 4.37. The summed E-state index contributed by atoms with van der Waals surface area (Å²) < 4.78 is 15.3. The smallest absolute Gasteiger partial charge is 0.329 e. The first-order valence-electron chi connectivity index (χ1n) is 9.29. The molecule has 7 heteroatoms. The van der Waals surface area contributed by atoms with E-state index in [2.05, 4.69) is 5.32 Å². The number of ketones is 1. The summed E-state index contributed by atoms with van der Waals surface area (Å²) in [5.74, 6) is -0.913. The SMILES string of the molecule is COc1ccc(C(=O)COC(=O)C(Cc2ccccc2)NC(=O)c2ccco2)cc1. The van der Waals surface area contributed by atoms with Crippen LogP contribution in [0.2, 0.25) is 0 Å². The van der Waals surface area contributed by atoms with Crippen molar-refractivity contribution in [1.29, 1.82) is 0 Å². The number of amides is 1. The van der Waals surface area contributed by atoms with Crippen molar-refractivity contribution in [2.45, 2.75) is 12.5 Å². The highest BCUT2D eigenvalue weighted by atomic mass is 16.5. The molecular formula is C23H21NO6. The number of Topliss-reactive ketones (excluding diaryl/α,β-unsaturated/α-hetero) is 1. The van der Waals surface area contributed by atoms with Gasteiger partial charge in [0.15, 0.2) is 18.2 Å². The van der Waals surface area contributed by atoms with Crippen molar-refractivity contribution in [3.05, 3.63) is 89.9 Å². The molecule has 1 amide bonds. The van der Waals surface area contributed by atoms with Crippen LogP contribution in [0.15, 0.2) is 77.4 Å². The van der Waals surface area contributed by atoms with Crippen LogP contribution in [-0.4, -0.2) is 37.4 Å². The number of nitrogens with one attached hydrogen (secondary N) is 1. The van der Waals surface area contributed by atoms with Crippen LogP contribution in [0.4, 0.5) is 0 Å². The van der Waals surface area contributed by atoms with Crippen LogP contribution in [0, 0.1) is 0 Å². The second-order valence-corrected chi connectivity index (χ2v) is 6.45. The zero-order valence-electron chi connectivity index (χ0n) is 16.4. The summed E-state index contributed by atoms with van der Waals surface area (Å²) in [5.41, 5.74) is 1.23. The number of carbonyl (C=O) groups excluding carboxylic acids is 3. The summed E-state index contributed by atoms with van der Waals surface area (Å²) in [7, 11) is 1.53. The highest BCUT2D eigenvalue weighted by Gasteiger charge is 2.25. The first-order valence-corrected chi connectivity index (χ1v) is 9.29. The molecule has 1 unspecified atom stereocenters. The number of esters is 1. The van der Waals surface area contributed by atoms with E-state index in [-0.39, 0.29) is 18.0 Å². The highest BCUT2D eigenvalue weighted by Crippen LogP contribution is 2.12. The molecule has 0 saturated heterocycles. The van der Waals surface area contributed by atoms with Crippen LogP contribution in [0.25, 0.3) is 0 Å². The van der Waals surface area contributed by atoms with Crippen molar-refractivity contribution in [2.24, 2.45) is 0 Å². The standard InChI is InChI=1S/C23H21NO6/c1-28-18-11-9-17(10-12-18)20(25)15-30-23(27)19(14-16-6-3-2-4-7-16)24-22(26)21-8-5-13-29-21/h2-13,19H,14-15H2,1H3,(H,24,26). The lowest BCUT2D eigenvalue weighted by Crippen LogP contribution is -2.43. The number of furan rings is 1. The second kappa shape index (κ2) is 10.1. The second-order valence-electron chi connectivity index (χ2n) is 6.45. The van der Waals surface area contributed by atoms with Crippen molar-refractivity contribution in [3.63, 3.8) is 0 Å². The van der Waals surface area contributed by atoms with E-state index in [0.717, 1.165) is 5.56 Å². The molecule has 1 N–H and O–H groups in total. The molecule has 1 atom stereocenters. The summed E-state index contributed by atoms with van der Waals surface area (Å²) in [5, 5.41) is 2.61. The Bertz CT molecular complexity index is 980. The molecule has 3 rings (SSSR count). The lowest BCUT2D eigenvalue weighted by molar-refractivity contribution is -0.144. The van der Waals surface area contributed by atoms with Gasteiger partial charge in [0.25, 0.3) is 5.91 Å². The molecule has 0 bridgehead atoms. The molecule has 0 saturated carbocycles. The van der Waals surface area contributed by atoms with Crippen LogP contribution >= 0.6 is 0 Å². The van der Waals surface area contributed by atoms with E-state index in [1.165, 1.54) is 19.4 Å². The minimum atomic E-state index is -0.978. The third-order valence-corrected chi connectivity index (χ3v) is 4.37. The molecule has 0 radical (unpaired) electrons. The van der Waals surface area contributed by atoms with E-state index in [4.69, 9.17) is 13.9 Å². The Morgan fingerprint density at radius 3 is 2.33 bits per heavy atom. The summed E-state index contributed by atoms with van der Waals surface area (Å²) in [6, 6.07) is 17.8. The molecule has 7 nitrogen and oxygen atoms in total. The summed E-state index contributed by atoms with van der Waals surface area (Å²) in [6.45, 7) is -0.437. The van der Waals surface area contributed by atoms with Crippen molar-refractivity contribution in [3.8, 4) is 5.75 Å². The summed E-state index contributed by atoms with van der Waals surface area (Å²) >= 11 is 0. The zero-order valence-corrected chi connectivity index (χ0v) is 16.4. The van der Waals surface area contributed by atoms with Crippen molar-refractivity contribution in [1.82, 2.24) is 5.32 Å². The van der Waals surface area contributed by atoms with Crippen molar-refractivity contribution >= 4 is 17.7 Å². The lowest BCUT2D eigenvalue weighted by atomic mass is 10.1. The Morgan fingerprint density at radius 2 is 1.70 bits per heavy atom. The molecule has 0 aliphatic carbocycles. The molecular weight excluding hydrogens is 386 g/mol. The Hall–Kier alpha value is -3.87. The van der Waals surface area contributed by atoms with Crippen LogP contribution < -0.4 is 10.1 Å². The first kappa shape index (κ1) is 20.9. The molecule has 30 heavy (non-hydrogen) atoms. The predicted octanol–water partition coefficient (Wildman–Crippen LogP) is 3.06. The number of rotatable bonds is 9. The van der Waals surface area contributed by atoms with E-state index in [1.807, 2.05) is 30.3 Å². The summed E-state index contributed by atoms with van der Waals surface area (Å²) in [6.07, 6.45) is 1.58. The van der Waals surface area contributed by atoms with Crippen molar-refractivity contribution in [2.75, 3.05) is 13.7 Å². The Labute approximate surface area is 173 Å². The molecule has 0 aliphatic rings.